The Morgan fingerprint density at radius 3 is 2.71 bits per heavy atom. The van der Waals surface area contributed by atoms with Crippen molar-refractivity contribution in [3.05, 3.63) is 41.1 Å². The van der Waals surface area contributed by atoms with Crippen molar-refractivity contribution in [1.29, 1.82) is 0 Å². The van der Waals surface area contributed by atoms with E-state index in [4.69, 9.17) is 14.5 Å². The molecule has 0 amide bonds. The molecular weight excluding hydrogens is 354 g/mol. The summed E-state index contributed by atoms with van der Waals surface area (Å²) >= 11 is 0. The van der Waals surface area contributed by atoms with Crippen molar-refractivity contribution in [3.63, 3.8) is 0 Å². The highest BCUT2D eigenvalue weighted by Crippen LogP contribution is 2.48. The van der Waals surface area contributed by atoms with Crippen molar-refractivity contribution in [3.8, 4) is 5.75 Å². The second kappa shape index (κ2) is 7.90. The molecule has 150 valence electrons. The SMILES string of the molecule is CCCOC(=O)C1C(C)=NC2=C(C(=O)CC(C)(C)C2)[C@@H]1c1cccc(OC)c1. The first-order valence-corrected chi connectivity index (χ1v) is 9.89. The van der Waals surface area contributed by atoms with Crippen LogP contribution in [0.25, 0.3) is 0 Å². The summed E-state index contributed by atoms with van der Waals surface area (Å²) in [5.74, 6) is -0.536. The van der Waals surface area contributed by atoms with Crippen LogP contribution in [0.2, 0.25) is 0 Å². The topological polar surface area (TPSA) is 65.0 Å². The molecule has 1 aromatic rings. The third-order valence-corrected chi connectivity index (χ3v) is 5.46. The van der Waals surface area contributed by atoms with Crippen LogP contribution < -0.4 is 4.74 Å². The third kappa shape index (κ3) is 3.89. The summed E-state index contributed by atoms with van der Waals surface area (Å²) in [7, 11) is 1.61. The predicted molar refractivity (Wildman–Crippen MR) is 109 cm³/mol. The predicted octanol–water partition coefficient (Wildman–Crippen LogP) is 4.47. The second-order valence-corrected chi connectivity index (χ2v) is 8.45. The van der Waals surface area contributed by atoms with E-state index in [9.17, 15) is 9.59 Å². The van der Waals surface area contributed by atoms with Gasteiger partial charge in [0, 0.05) is 29.3 Å². The van der Waals surface area contributed by atoms with E-state index in [1.54, 1.807) is 7.11 Å². The van der Waals surface area contributed by atoms with Gasteiger partial charge in [0.25, 0.3) is 0 Å². The smallest absolute Gasteiger partial charge is 0.315 e. The summed E-state index contributed by atoms with van der Waals surface area (Å²) in [5, 5.41) is 0. The molecule has 1 aliphatic carbocycles. The molecule has 2 atom stereocenters. The molecule has 1 aromatic carbocycles. The number of carbonyl (C=O) groups excluding carboxylic acids is 2. The summed E-state index contributed by atoms with van der Waals surface area (Å²) in [6.45, 7) is 8.35. The van der Waals surface area contributed by atoms with Crippen LogP contribution in [-0.2, 0) is 14.3 Å². The Labute approximate surface area is 166 Å². The molecule has 0 radical (unpaired) electrons. The van der Waals surface area contributed by atoms with Gasteiger partial charge in [0.1, 0.15) is 11.7 Å². The van der Waals surface area contributed by atoms with Gasteiger partial charge >= 0.3 is 5.97 Å². The quantitative estimate of drug-likeness (QED) is 0.704. The van der Waals surface area contributed by atoms with Gasteiger partial charge in [-0.3, -0.25) is 14.6 Å². The van der Waals surface area contributed by atoms with E-state index >= 15 is 0 Å². The van der Waals surface area contributed by atoms with Gasteiger partial charge in [-0.05, 0) is 42.9 Å². The van der Waals surface area contributed by atoms with E-state index in [1.807, 2.05) is 38.1 Å². The Bertz CT molecular complexity index is 850. The molecule has 0 fully saturated rings. The first-order valence-electron chi connectivity index (χ1n) is 9.89. The highest BCUT2D eigenvalue weighted by atomic mass is 16.5. The van der Waals surface area contributed by atoms with Crippen molar-refractivity contribution in [2.24, 2.45) is 16.3 Å². The van der Waals surface area contributed by atoms with Crippen molar-refractivity contribution in [2.75, 3.05) is 13.7 Å². The summed E-state index contributed by atoms with van der Waals surface area (Å²) in [6, 6.07) is 7.60. The van der Waals surface area contributed by atoms with Crippen LogP contribution in [0.1, 0.15) is 58.4 Å². The molecule has 0 aromatic heterocycles. The van der Waals surface area contributed by atoms with Crippen LogP contribution in [0.15, 0.2) is 40.5 Å². The molecule has 0 spiro atoms. The largest absolute Gasteiger partial charge is 0.497 e. The summed E-state index contributed by atoms with van der Waals surface area (Å²) in [5.41, 5.74) is 2.93. The minimum Gasteiger partial charge on any atom is -0.497 e. The number of ketones is 1. The van der Waals surface area contributed by atoms with Gasteiger partial charge in [-0.15, -0.1) is 0 Å². The van der Waals surface area contributed by atoms with E-state index in [1.165, 1.54) is 0 Å². The summed E-state index contributed by atoms with van der Waals surface area (Å²) < 4.78 is 10.9. The second-order valence-electron chi connectivity index (χ2n) is 8.45. The molecule has 0 saturated heterocycles. The molecule has 0 saturated carbocycles. The first kappa shape index (κ1) is 20.3. The first-order chi connectivity index (χ1) is 13.3. The molecule has 28 heavy (non-hydrogen) atoms. The molecule has 0 N–H and O–H groups in total. The Morgan fingerprint density at radius 2 is 2.04 bits per heavy atom. The van der Waals surface area contributed by atoms with Gasteiger partial charge in [-0.2, -0.15) is 0 Å². The zero-order chi connectivity index (χ0) is 20.5. The van der Waals surface area contributed by atoms with Crippen LogP contribution >= 0.6 is 0 Å². The minimum atomic E-state index is -0.595. The number of allylic oxidation sites excluding steroid dienone is 2. The standard InChI is InChI=1S/C23H29NO4/c1-6-10-28-22(26)19-14(2)24-17-12-23(3,4)13-18(25)21(17)20(19)15-8-7-9-16(11-15)27-5/h7-9,11,19-20H,6,10,12-13H2,1-5H3/t19?,20-/m1/s1. The van der Waals surface area contributed by atoms with Gasteiger partial charge in [0.15, 0.2) is 5.78 Å². The normalized spacial score (nSPS) is 23.8. The van der Waals surface area contributed by atoms with Gasteiger partial charge in [-0.1, -0.05) is 32.9 Å². The van der Waals surface area contributed by atoms with E-state index in [0.717, 1.165) is 24.1 Å². The number of esters is 1. The van der Waals surface area contributed by atoms with E-state index < -0.39 is 11.8 Å². The summed E-state index contributed by atoms with van der Waals surface area (Å²) in [6.07, 6.45) is 1.93. The van der Waals surface area contributed by atoms with E-state index in [0.29, 0.717) is 30.1 Å². The molecule has 5 nitrogen and oxygen atoms in total. The number of hydrogen-bond acceptors (Lipinski definition) is 5. The molecule has 1 heterocycles. The lowest BCUT2D eigenvalue weighted by molar-refractivity contribution is -0.146. The number of methoxy groups -OCH3 is 1. The van der Waals surface area contributed by atoms with Crippen LogP contribution in [0, 0.1) is 11.3 Å². The number of benzene rings is 1. The maximum Gasteiger partial charge on any atom is 0.315 e. The van der Waals surface area contributed by atoms with Crippen LogP contribution in [0.5, 0.6) is 5.75 Å². The molecule has 1 aliphatic heterocycles. The maximum absolute atomic E-state index is 13.2. The van der Waals surface area contributed by atoms with E-state index in [2.05, 4.69) is 13.8 Å². The highest BCUT2D eigenvalue weighted by molar-refractivity contribution is 6.09. The molecule has 3 rings (SSSR count). The number of Topliss-reactive ketones (excluding diaryl/α,β-unsaturated/α-hetero) is 1. The monoisotopic (exact) mass is 383 g/mol. The number of nitrogens with zero attached hydrogens (tertiary/aromatic N) is 1. The van der Waals surface area contributed by atoms with Crippen LogP contribution in [-0.4, -0.2) is 31.2 Å². The Balaban J connectivity index is 2.14. The van der Waals surface area contributed by atoms with Crippen molar-refractivity contribution >= 4 is 17.5 Å². The lowest BCUT2D eigenvalue weighted by Crippen LogP contribution is -2.39. The van der Waals surface area contributed by atoms with Crippen LogP contribution in [0.4, 0.5) is 0 Å². The fourth-order valence-electron chi connectivity index (χ4n) is 4.24. The van der Waals surface area contributed by atoms with Crippen molar-refractivity contribution in [2.45, 2.75) is 52.9 Å². The van der Waals surface area contributed by atoms with Gasteiger partial charge in [-0.25, -0.2) is 0 Å². The Hall–Kier alpha value is -2.43. The molecular formula is C23H29NO4. The Morgan fingerprint density at radius 1 is 1.29 bits per heavy atom. The minimum absolute atomic E-state index is 0.0728. The molecule has 5 heteroatoms. The number of ether oxygens (including phenoxy) is 2. The fourth-order valence-corrected chi connectivity index (χ4v) is 4.24. The number of rotatable bonds is 5. The molecule has 2 aliphatic rings. The average Bonchev–Trinajstić information content (AvgIpc) is 2.64. The van der Waals surface area contributed by atoms with Gasteiger partial charge in [0.05, 0.1) is 13.7 Å². The van der Waals surface area contributed by atoms with E-state index in [-0.39, 0.29) is 17.2 Å². The fraction of sp³-hybridized carbons (Fsp3) is 0.522. The zero-order valence-electron chi connectivity index (χ0n) is 17.4. The summed E-state index contributed by atoms with van der Waals surface area (Å²) in [4.78, 5) is 30.8. The zero-order valence-corrected chi connectivity index (χ0v) is 17.4. The number of hydrogen-bond donors (Lipinski definition) is 0. The molecule has 0 bridgehead atoms. The van der Waals surface area contributed by atoms with Crippen molar-refractivity contribution < 1.29 is 19.1 Å². The molecule has 1 unspecified atom stereocenters. The lowest BCUT2D eigenvalue weighted by Gasteiger charge is -2.39. The average molecular weight is 383 g/mol. The van der Waals surface area contributed by atoms with Gasteiger partial charge in [0.2, 0.25) is 0 Å². The number of aliphatic imine (C=N–C) groups is 1. The number of carbonyl (C=O) groups is 2. The highest BCUT2D eigenvalue weighted by Gasteiger charge is 2.46. The van der Waals surface area contributed by atoms with Crippen molar-refractivity contribution in [1.82, 2.24) is 0 Å². The maximum atomic E-state index is 13.2. The third-order valence-electron chi connectivity index (χ3n) is 5.46. The van der Waals surface area contributed by atoms with Gasteiger partial charge < -0.3 is 9.47 Å². The lowest BCUT2D eigenvalue weighted by atomic mass is 9.67. The Kier molecular flexibility index (Phi) is 5.73. The van der Waals surface area contributed by atoms with Crippen LogP contribution in [0.3, 0.4) is 0 Å².